The predicted molar refractivity (Wildman–Crippen MR) is 19.0 cm³/mol. The summed E-state index contributed by atoms with van der Waals surface area (Å²) in [5.74, 6) is 0. The molecule has 7 nitrogen and oxygen atoms in total. The molecule has 0 amide bonds. The van der Waals surface area contributed by atoms with Gasteiger partial charge >= 0.3 is 11.5 Å². The molecule has 1 heterocycles. The number of nitrogens with one attached hydrogen (secondary N) is 1. The lowest BCUT2D eigenvalue weighted by Gasteiger charge is -1.76. The van der Waals surface area contributed by atoms with Crippen LogP contribution in [0, 0.1) is 10.1 Å². The van der Waals surface area contributed by atoms with Crippen molar-refractivity contribution in [1.82, 2.24) is 15.4 Å². The Morgan fingerprint density at radius 1 is 1.88 bits per heavy atom. The van der Waals surface area contributed by atoms with Crippen LogP contribution in [0.1, 0.15) is 0 Å². The molecule has 1 aromatic rings. The van der Waals surface area contributed by atoms with Crippen LogP contribution in [0.15, 0.2) is 6.33 Å². The Balaban J connectivity index is 2.93. The third-order valence-electron chi connectivity index (χ3n) is 0.522. The normalized spacial score (nSPS) is 9.00. The number of nitro groups is 1. The van der Waals surface area contributed by atoms with Crippen molar-refractivity contribution < 1.29 is 9.94 Å². The van der Waals surface area contributed by atoms with Gasteiger partial charge in [0.25, 0.3) is 4.91 Å². The fourth-order valence-electron chi connectivity index (χ4n) is 0.258. The van der Waals surface area contributed by atoms with E-state index in [0.717, 1.165) is 6.33 Å². The van der Waals surface area contributed by atoms with Crippen molar-refractivity contribution in [3.05, 3.63) is 16.4 Å². The summed E-state index contributed by atoms with van der Waals surface area (Å²) in [7, 11) is 0. The Kier molecular flexibility index (Phi) is 0.881. The van der Waals surface area contributed by atoms with Crippen LogP contribution >= 0.6 is 0 Å². The van der Waals surface area contributed by atoms with Gasteiger partial charge in [-0.15, -0.1) is 0 Å². The summed E-state index contributed by atoms with van der Waals surface area (Å²) in [6, 6.07) is 0. The molecule has 42 valence electrons. The maximum Gasteiger partial charge on any atom is 0.355 e. The van der Waals surface area contributed by atoms with E-state index in [4.69, 9.17) is 0 Å². The number of aromatic amines is 1. The quantitative estimate of drug-likeness (QED) is 0.264. The Morgan fingerprint density at radius 2 is 2.62 bits per heavy atom. The van der Waals surface area contributed by atoms with E-state index in [2.05, 4.69) is 15.4 Å². The Morgan fingerprint density at radius 3 is 2.88 bits per heavy atom. The Hall–Kier alpha value is -1.53. The highest BCUT2D eigenvalue weighted by Gasteiger charge is 2.09. The molecule has 0 saturated carbocycles. The molecule has 0 aliphatic carbocycles. The van der Waals surface area contributed by atoms with Gasteiger partial charge in [0, 0.05) is 0 Å². The highest BCUT2D eigenvalue weighted by atomic mass is 16.7. The second kappa shape index (κ2) is 1.52. The lowest BCUT2D eigenvalue weighted by atomic mass is 11.4. The Labute approximate surface area is 43.0 Å². The van der Waals surface area contributed by atoms with Crippen LogP contribution in [0.4, 0.5) is 0 Å². The van der Waals surface area contributed by atoms with Gasteiger partial charge in [-0.25, -0.2) is 0 Å². The molecule has 0 unspecified atom stereocenters. The van der Waals surface area contributed by atoms with E-state index in [1.54, 1.807) is 0 Å². The summed E-state index contributed by atoms with van der Waals surface area (Å²) in [6.45, 7) is 0. The van der Waals surface area contributed by atoms with Crippen molar-refractivity contribution in [1.29, 1.82) is 0 Å². The molecule has 0 bridgehead atoms. The summed E-state index contributed by atoms with van der Waals surface area (Å²) >= 11 is 0. The largest absolute Gasteiger partial charge is 0.355 e. The lowest BCUT2D eigenvalue weighted by Crippen LogP contribution is -2.46. The number of aromatic nitrogens is 4. The standard InChI is InChI=1S/CHN5O2/c7-6(8)5-3-1-2-4-5/h1H/p+1. The van der Waals surface area contributed by atoms with Gasteiger partial charge in [0.15, 0.2) is 5.10 Å². The fourth-order valence-corrected chi connectivity index (χ4v) is 0.258. The molecule has 0 atom stereocenters. The first-order valence-corrected chi connectivity index (χ1v) is 1.74. The first-order valence-electron chi connectivity index (χ1n) is 1.74. The van der Waals surface area contributed by atoms with Crippen molar-refractivity contribution >= 4 is 0 Å². The molecular weight excluding hydrogens is 114 g/mol. The minimum absolute atomic E-state index is 0.403. The number of tetrazole rings is 1. The van der Waals surface area contributed by atoms with E-state index in [-0.39, 0.29) is 0 Å². The number of hydrogen-bond acceptors (Lipinski definition) is 4. The van der Waals surface area contributed by atoms with E-state index >= 15 is 0 Å². The van der Waals surface area contributed by atoms with Gasteiger partial charge in [-0.2, -0.15) is 0 Å². The van der Waals surface area contributed by atoms with Gasteiger partial charge in [0.05, 0.1) is 0 Å². The lowest BCUT2D eigenvalue weighted by molar-refractivity contribution is -1.25. The summed E-state index contributed by atoms with van der Waals surface area (Å²) in [5, 5.41) is 17.3. The molecule has 7 heteroatoms. The topological polar surface area (TPSA) is 88.6 Å². The minimum atomic E-state index is -0.729. The number of nitrogens with zero attached hydrogens (tertiary/aromatic N) is 4. The molecule has 8 heavy (non-hydrogen) atoms. The van der Waals surface area contributed by atoms with Crippen LogP contribution in [-0.4, -0.2) is 20.4 Å². The molecule has 0 aliphatic rings. The van der Waals surface area contributed by atoms with Crippen LogP contribution in [0.5, 0.6) is 0 Å². The molecule has 0 spiro atoms. The zero-order chi connectivity index (χ0) is 5.98. The highest BCUT2D eigenvalue weighted by molar-refractivity contribution is 4.18. The van der Waals surface area contributed by atoms with Crippen molar-refractivity contribution in [3.63, 3.8) is 0 Å². The number of H-pyrrole nitrogens is 1. The molecular formula is CH2N5O2+. The van der Waals surface area contributed by atoms with Gasteiger partial charge in [-0.05, 0) is 0 Å². The van der Waals surface area contributed by atoms with Gasteiger partial charge in [0.1, 0.15) is 5.03 Å². The first kappa shape index (κ1) is 4.62. The monoisotopic (exact) mass is 116 g/mol. The summed E-state index contributed by atoms with van der Waals surface area (Å²) in [5.41, 5.74) is 0. The van der Waals surface area contributed by atoms with Gasteiger partial charge in [-0.3, -0.25) is 0 Å². The second-order valence-electron chi connectivity index (χ2n) is 0.990. The first-order chi connectivity index (χ1) is 3.80. The fraction of sp³-hybridized carbons (Fsp3) is 0. The molecule has 0 fully saturated rings. The number of rotatable bonds is 1. The maximum absolute atomic E-state index is 9.70. The van der Waals surface area contributed by atoms with E-state index in [9.17, 15) is 10.1 Å². The summed E-state index contributed by atoms with van der Waals surface area (Å²) < 4.78 is 0. The average Bonchev–Trinajstić information content (AvgIpc) is 2.12. The smallest absolute Gasteiger partial charge is 0.354 e. The summed E-state index contributed by atoms with van der Waals surface area (Å²) in [6.07, 6.45) is 1.11. The van der Waals surface area contributed by atoms with Crippen molar-refractivity contribution in [2.75, 3.05) is 0 Å². The molecule has 0 aliphatic heterocycles. The van der Waals surface area contributed by atoms with E-state index in [1.807, 2.05) is 0 Å². The van der Waals surface area contributed by atoms with E-state index in [1.165, 1.54) is 0 Å². The third-order valence-corrected chi connectivity index (χ3v) is 0.522. The van der Waals surface area contributed by atoms with Crippen molar-refractivity contribution in [2.45, 2.75) is 0 Å². The van der Waals surface area contributed by atoms with Gasteiger partial charge < -0.3 is 10.1 Å². The van der Waals surface area contributed by atoms with Crippen molar-refractivity contribution in [2.24, 2.45) is 0 Å². The summed E-state index contributed by atoms with van der Waals surface area (Å²) in [4.78, 5) is 10.1. The SMILES string of the molecule is O=[N+]([O-])[n+]1nnc[nH]1. The highest BCUT2D eigenvalue weighted by Crippen LogP contribution is 1.51. The van der Waals surface area contributed by atoms with Crippen molar-refractivity contribution in [3.8, 4) is 0 Å². The van der Waals surface area contributed by atoms with E-state index in [0.29, 0.717) is 4.91 Å². The minimum Gasteiger partial charge on any atom is -0.354 e. The van der Waals surface area contributed by atoms with E-state index < -0.39 is 5.03 Å². The third kappa shape index (κ3) is 0.600. The zero-order valence-corrected chi connectivity index (χ0v) is 3.68. The molecule has 1 rings (SSSR count). The molecule has 1 aromatic heterocycles. The second-order valence-corrected chi connectivity index (χ2v) is 0.990. The zero-order valence-electron chi connectivity index (χ0n) is 3.68. The van der Waals surface area contributed by atoms with Crippen LogP contribution in [-0.2, 0) is 0 Å². The van der Waals surface area contributed by atoms with Gasteiger partial charge in [0.2, 0.25) is 0 Å². The molecule has 1 N–H and O–H groups in total. The maximum atomic E-state index is 9.70. The Bertz CT molecular complexity index is 178. The molecule has 0 aromatic carbocycles. The van der Waals surface area contributed by atoms with Crippen LogP contribution < -0.4 is 4.91 Å². The molecule has 0 radical (unpaired) electrons. The predicted octanol–water partition coefficient (Wildman–Crippen LogP) is -1.87. The number of hydrogen-bond donors (Lipinski definition) is 1. The van der Waals surface area contributed by atoms with Crippen LogP contribution in [0.25, 0.3) is 0 Å². The molecule has 0 saturated heterocycles. The van der Waals surface area contributed by atoms with Crippen LogP contribution in [0.2, 0.25) is 0 Å². The average molecular weight is 116 g/mol. The van der Waals surface area contributed by atoms with Crippen LogP contribution in [0.3, 0.4) is 0 Å². The van der Waals surface area contributed by atoms with Gasteiger partial charge in [-0.1, -0.05) is 5.10 Å².